The van der Waals surface area contributed by atoms with Gasteiger partial charge in [-0.1, -0.05) is 39.7 Å². The summed E-state index contributed by atoms with van der Waals surface area (Å²) in [6.07, 6.45) is 0. The molecule has 0 aromatic heterocycles. The van der Waals surface area contributed by atoms with Crippen LogP contribution in [-0.2, 0) is 6.54 Å². The van der Waals surface area contributed by atoms with E-state index in [4.69, 9.17) is 21.1 Å². The van der Waals surface area contributed by atoms with Gasteiger partial charge >= 0.3 is 0 Å². The normalized spacial score (nSPS) is 10.3. The van der Waals surface area contributed by atoms with Crippen LogP contribution in [0.1, 0.15) is 11.1 Å². The van der Waals surface area contributed by atoms with Crippen LogP contribution in [0.5, 0.6) is 11.5 Å². The Kier molecular flexibility index (Phi) is 5.37. The molecule has 0 saturated heterocycles. The Bertz CT molecular complexity index is 646. The summed E-state index contributed by atoms with van der Waals surface area (Å²) in [4.78, 5) is 0. The van der Waals surface area contributed by atoms with Crippen LogP contribution in [-0.4, -0.2) is 14.2 Å². The number of rotatable bonds is 5. The van der Waals surface area contributed by atoms with Gasteiger partial charge in [-0.2, -0.15) is 0 Å². The predicted octanol–water partition coefficient (Wildman–Crippen LogP) is 5.04. The van der Waals surface area contributed by atoms with E-state index >= 15 is 0 Å². The monoisotopic (exact) mass is 369 g/mol. The minimum absolute atomic E-state index is 0.596. The Labute approximate surface area is 138 Å². The van der Waals surface area contributed by atoms with E-state index in [0.717, 1.165) is 10.2 Å². The number of halogens is 2. The van der Waals surface area contributed by atoms with Crippen LogP contribution in [0.2, 0.25) is 5.02 Å². The quantitative estimate of drug-likeness (QED) is 0.800. The van der Waals surface area contributed by atoms with Gasteiger partial charge in [-0.05, 0) is 24.1 Å². The fourth-order valence-corrected chi connectivity index (χ4v) is 2.58. The molecule has 0 fully saturated rings. The fraction of sp³-hybridized carbons (Fsp3) is 0.250. The van der Waals surface area contributed by atoms with E-state index in [2.05, 4.69) is 46.4 Å². The molecule has 0 saturated carbocycles. The van der Waals surface area contributed by atoms with Crippen molar-refractivity contribution in [1.82, 2.24) is 0 Å². The average Bonchev–Trinajstić information content (AvgIpc) is 2.49. The Balaban J connectivity index is 2.17. The molecular weight excluding hydrogens is 354 g/mol. The van der Waals surface area contributed by atoms with Gasteiger partial charge in [-0.25, -0.2) is 0 Å². The van der Waals surface area contributed by atoms with Crippen LogP contribution in [0.25, 0.3) is 0 Å². The summed E-state index contributed by atoms with van der Waals surface area (Å²) in [5.74, 6) is 1.26. The molecular formula is C16H17BrClNO2. The molecule has 2 aromatic carbocycles. The van der Waals surface area contributed by atoms with Crippen molar-refractivity contribution in [3.63, 3.8) is 0 Å². The Morgan fingerprint density at radius 2 is 1.76 bits per heavy atom. The van der Waals surface area contributed by atoms with E-state index < -0.39 is 0 Å². The summed E-state index contributed by atoms with van der Waals surface area (Å²) in [7, 11) is 3.19. The van der Waals surface area contributed by atoms with Crippen molar-refractivity contribution in [3.05, 3.63) is 51.0 Å². The Morgan fingerprint density at radius 1 is 1.10 bits per heavy atom. The molecule has 0 atom stereocenters. The first-order valence-electron chi connectivity index (χ1n) is 6.45. The number of hydrogen-bond acceptors (Lipinski definition) is 3. The van der Waals surface area contributed by atoms with E-state index in [1.54, 1.807) is 20.3 Å². The van der Waals surface area contributed by atoms with Crippen LogP contribution in [0, 0.1) is 6.92 Å². The molecule has 112 valence electrons. The topological polar surface area (TPSA) is 30.5 Å². The molecule has 0 aliphatic heterocycles. The van der Waals surface area contributed by atoms with Crippen molar-refractivity contribution in [3.8, 4) is 11.5 Å². The van der Waals surface area contributed by atoms with Gasteiger partial charge in [0.15, 0.2) is 11.5 Å². The molecule has 0 radical (unpaired) electrons. The molecule has 0 bridgehead atoms. The molecule has 1 N–H and O–H groups in total. The summed E-state index contributed by atoms with van der Waals surface area (Å²) in [6.45, 7) is 2.74. The predicted molar refractivity (Wildman–Crippen MR) is 90.8 cm³/mol. The first-order valence-corrected chi connectivity index (χ1v) is 7.62. The van der Waals surface area contributed by atoms with E-state index in [1.165, 1.54) is 11.1 Å². The molecule has 5 heteroatoms. The van der Waals surface area contributed by atoms with E-state index in [0.29, 0.717) is 23.1 Å². The van der Waals surface area contributed by atoms with Gasteiger partial charge in [0.05, 0.1) is 24.9 Å². The molecule has 0 unspecified atom stereocenters. The fourth-order valence-electron chi connectivity index (χ4n) is 1.93. The number of anilines is 1. The van der Waals surface area contributed by atoms with Gasteiger partial charge in [-0.3, -0.25) is 0 Å². The van der Waals surface area contributed by atoms with Gasteiger partial charge in [-0.15, -0.1) is 0 Å². The SMILES string of the molecule is COc1cc(Cl)c(NCc2ccc(C)c(Br)c2)cc1OC. The first-order chi connectivity index (χ1) is 10.0. The van der Waals surface area contributed by atoms with Crippen LogP contribution < -0.4 is 14.8 Å². The van der Waals surface area contributed by atoms with Crippen LogP contribution in [0.4, 0.5) is 5.69 Å². The minimum Gasteiger partial charge on any atom is -0.493 e. The van der Waals surface area contributed by atoms with Gasteiger partial charge in [0, 0.05) is 23.2 Å². The van der Waals surface area contributed by atoms with E-state index in [1.807, 2.05) is 6.07 Å². The lowest BCUT2D eigenvalue weighted by Gasteiger charge is -2.13. The first kappa shape index (κ1) is 16.0. The van der Waals surface area contributed by atoms with Crippen LogP contribution in [0.15, 0.2) is 34.8 Å². The van der Waals surface area contributed by atoms with E-state index in [-0.39, 0.29) is 0 Å². The third-order valence-electron chi connectivity index (χ3n) is 3.19. The molecule has 0 aliphatic carbocycles. The highest BCUT2D eigenvalue weighted by molar-refractivity contribution is 9.10. The molecule has 3 nitrogen and oxygen atoms in total. The molecule has 0 spiro atoms. The van der Waals surface area contributed by atoms with Crippen molar-refractivity contribution in [2.45, 2.75) is 13.5 Å². The van der Waals surface area contributed by atoms with Crippen molar-refractivity contribution in [2.24, 2.45) is 0 Å². The Hall–Kier alpha value is -1.39. The zero-order valence-electron chi connectivity index (χ0n) is 12.2. The van der Waals surface area contributed by atoms with Gasteiger partial charge in [0.2, 0.25) is 0 Å². The largest absolute Gasteiger partial charge is 0.493 e. The Morgan fingerprint density at radius 3 is 2.38 bits per heavy atom. The number of hydrogen-bond donors (Lipinski definition) is 1. The summed E-state index contributed by atoms with van der Waals surface area (Å²) in [6, 6.07) is 9.84. The third kappa shape index (κ3) is 3.83. The molecule has 2 aromatic rings. The lowest BCUT2D eigenvalue weighted by atomic mass is 10.1. The summed E-state index contributed by atoms with van der Waals surface area (Å²) >= 11 is 9.79. The highest BCUT2D eigenvalue weighted by atomic mass is 79.9. The number of methoxy groups -OCH3 is 2. The smallest absolute Gasteiger partial charge is 0.162 e. The van der Waals surface area contributed by atoms with Crippen molar-refractivity contribution in [1.29, 1.82) is 0 Å². The third-order valence-corrected chi connectivity index (χ3v) is 4.36. The average molecular weight is 371 g/mol. The molecule has 0 aliphatic rings. The second-order valence-electron chi connectivity index (χ2n) is 4.62. The zero-order chi connectivity index (χ0) is 15.4. The maximum absolute atomic E-state index is 6.25. The number of benzene rings is 2. The zero-order valence-corrected chi connectivity index (χ0v) is 14.5. The summed E-state index contributed by atoms with van der Waals surface area (Å²) in [5, 5.41) is 3.91. The van der Waals surface area contributed by atoms with Crippen molar-refractivity contribution < 1.29 is 9.47 Å². The number of ether oxygens (including phenoxy) is 2. The highest BCUT2D eigenvalue weighted by Crippen LogP contribution is 2.36. The molecule has 21 heavy (non-hydrogen) atoms. The number of nitrogens with one attached hydrogen (secondary N) is 1. The van der Waals surface area contributed by atoms with Crippen LogP contribution in [0.3, 0.4) is 0 Å². The van der Waals surface area contributed by atoms with Crippen molar-refractivity contribution >= 4 is 33.2 Å². The number of aryl methyl sites for hydroxylation is 1. The van der Waals surface area contributed by atoms with Crippen molar-refractivity contribution in [2.75, 3.05) is 19.5 Å². The maximum atomic E-state index is 6.25. The molecule has 0 amide bonds. The van der Waals surface area contributed by atoms with Crippen LogP contribution >= 0.6 is 27.5 Å². The second kappa shape index (κ2) is 7.05. The summed E-state index contributed by atoms with van der Waals surface area (Å²) in [5.41, 5.74) is 3.19. The van der Waals surface area contributed by atoms with E-state index in [9.17, 15) is 0 Å². The lowest BCUT2D eigenvalue weighted by molar-refractivity contribution is 0.355. The standard InChI is InChI=1S/C16H17BrClNO2/c1-10-4-5-11(6-12(10)17)9-19-14-8-16(21-3)15(20-2)7-13(14)18/h4-8,19H,9H2,1-3H3. The molecule has 0 heterocycles. The summed E-state index contributed by atoms with van der Waals surface area (Å²) < 4.78 is 11.6. The lowest BCUT2D eigenvalue weighted by Crippen LogP contribution is -2.01. The van der Waals surface area contributed by atoms with Gasteiger partial charge < -0.3 is 14.8 Å². The van der Waals surface area contributed by atoms with Gasteiger partial charge in [0.1, 0.15) is 0 Å². The molecule has 2 rings (SSSR count). The maximum Gasteiger partial charge on any atom is 0.162 e. The second-order valence-corrected chi connectivity index (χ2v) is 5.89. The minimum atomic E-state index is 0.596. The van der Waals surface area contributed by atoms with Gasteiger partial charge in [0.25, 0.3) is 0 Å². The highest BCUT2D eigenvalue weighted by Gasteiger charge is 2.09.